The number of rotatable bonds is 7. The van der Waals surface area contributed by atoms with Crippen molar-refractivity contribution in [1.29, 1.82) is 0 Å². The Kier molecular flexibility index (Phi) is 5.08. The van der Waals surface area contributed by atoms with E-state index in [1.807, 2.05) is 36.2 Å². The first-order chi connectivity index (χ1) is 11.3. The number of hydrogen-bond donors (Lipinski definition) is 0. The quantitative estimate of drug-likeness (QED) is 0.580. The average Bonchev–Trinajstić information content (AvgIpc) is 2.84. The van der Waals surface area contributed by atoms with Crippen LogP contribution in [0.2, 0.25) is 0 Å². The highest BCUT2D eigenvalue weighted by Crippen LogP contribution is 2.22. The maximum atomic E-state index is 12.2. The maximum absolute atomic E-state index is 12.2. The lowest BCUT2D eigenvalue weighted by Crippen LogP contribution is -2.31. The molecule has 23 heavy (non-hydrogen) atoms. The third kappa shape index (κ3) is 3.62. The smallest absolute Gasteiger partial charge is 0.261 e. The Bertz CT molecular complexity index is 668. The number of thioether (sulfide) groups is 1. The van der Waals surface area contributed by atoms with Gasteiger partial charge in [-0.15, -0.1) is 0 Å². The Morgan fingerprint density at radius 1 is 0.913 bits per heavy atom. The van der Waals surface area contributed by atoms with Crippen molar-refractivity contribution in [3.05, 3.63) is 65.5 Å². The van der Waals surface area contributed by atoms with E-state index >= 15 is 0 Å². The second kappa shape index (κ2) is 7.42. The number of nitrogens with zero attached hydrogens (tertiary/aromatic N) is 2. The molecular formula is C18H18N2O2S. The van der Waals surface area contributed by atoms with Gasteiger partial charge >= 0.3 is 0 Å². The highest BCUT2D eigenvalue weighted by Gasteiger charge is 2.34. The molecular weight excluding hydrogens is 308 g/mol. The van der Waals surface area contributed by atoms with Crippen molar-refractivity contribution >= 4 is 23.6 Å². The van der Waals surface area contributed by atoms with Crippen molar-refractivity contribution in [1.82, 2.24) is 9.88 Å². The number of amides is 2. The van der Waals surface area contributed by atoms with Crippen LogP contribution < -0.4 is 0 Å². The summed E-state index contributed by atoms with van der Waals surface area (Å²) in [5.41, 5.74) is 2.15. The van der Waals surface area contributed by atoms with Crippen LogP contribution in [-0.4, -0.2) is 39.7 Å². The molecule has 0 saturated carbocycles. The van der Waals surface area contributed by atoms with Crippen LogP contribution in [0.5, 0.6) is 0 Å². The summed E-state index contributed by atoms with van der Waals surface area (Å²) < 4.78 is 0. The number of carbonyl (C=O) groups is 2. The molecule has 0 fully saturated rings. The summed E-state index contributed by atoms with van der Waals surface area (Å²) in [6.45, 7) is 0.489. The van der Waals surface area contributed by atoms with Crippen LogP contribution in [0.1, 0.15) is 32.8 Å². The Balaban J connectivity index is 1.40. The lowest BCUT2D eigenvalue weighted by Gasteiger charge is -2.13. The molecule has 0 saturated heterocycles. The van der Waals surface area contributed by atoms with Gasteiger partial charge in [-0.2, -0.15) is 11.8 Å². The standard InChI is InChI=1S/C18H18N2O2S/c21-17-15-7-1-2-8-16(15)18(22)20(17)11-5-12-23-13-9-14-6-3-4-10-19-14/h1-4,6-8,10H,5,9,11-13H2. The monoisotopic (exact) mass is 326 g/mol. The number of benzene rings is 1. The fourth-order valence-electron chi connectivity index (χ4n) is 2.59. The summed E-state index contributed by atoms with van der Waals surface area (Å²) in [6, 6.07) is 13.0. The normalized spacial score (nSPS) is 13.5. The Labute approximate surface area is 139 Å². The van der Waals surface area contributed by atoms with Gasteiger partial charge in [-0.1, -0.05) is 18.2 Å². The highest BCUT2D eigenvalue weighted by molar-refractivity contribution is 7.99. The van der Waals surface area contributed by atoms with Gasteiger partial charge in [-0.05, 0) is 48.6 Å². The van der Waals surface area contributed by atoms with Crippen LogP contribution in [0.4, 0.5) is 0 Å². The van der Waals surface area contributed by atoms with Crippen molar-refractivity contribution in [2.24, 2.45) is 0 Å². The topological polar surface area (TPSA) is 50.3 Å². The Morgan fingerprint density at radius 2 is 1.61 bits per heavy atom. The van der Waals surface area contributed by atoms with E-state index in [4.69, 9.17) is 0 Å². The van der Waals surface area contributed by atoms with E-state index in [9.17, 15) is 9.59 Å². The van der Waals surface area contributed by atoms with E-state index in [0.717, 1.165) is 30.0 Å². The number of pyridine rings is 1. The molecule has 0 aliphatic carbocycles. The Morgan fingerprint density at radius 3 is 2.26 bits per heavy atom. The minimum Gasteiger partial charge on any atom is -0.274 e. The van der Waals surface area contributed by atoms with E-state index in [1.54, 1.807) is 24.3 Å². The van der Waals surface area contributed by atoms with E-state index in [-0.39, 0.29) is 11.8 Å². The average molecular weight is 326 g/mol. The first-order valence-electron chi connectivity index (χ1n) is 7.70. The molecule has 0 bridgehead atoms. The van der Waals surface area contributed by atoms with E-state index in [1.165, 1.54) is 4.90 Å². The minimum atomic E-state index is -0.163. The molecule has 3 rings (SSSR count). The predicted molar refractivity (Wildman–Crippen MR) is 91.7 cm³/mol. The zero-order chi connectivity index (χ0) is 16.1. The molecule has 1 aliphatic rings. The molecule has 118 valence electrons. The zero-order valence-corrected chi connectivity index (χ0v) is 13.6. The van der Waals surface area contributed by atoms with Gasteiger partial charge in [0.2, 0.25) is 0 Å². The number of aryl methyl sites for hydroxylation is 1. The summed E-state index contributed by atoms with van der Waals surface area (Å²) in [6.07, 6.45) is 3.57. The second-order valence-electron chi connectivity index (χ2n) is 5.34. The summed E-state index contributed by atoms with van der Waals surface area (Å²) in [5, 5.41) is 0. The van der Waals surface area contributed by atoms with Crippen LogP contribution in [0, 0.1) is 0 Å². The molecule has 2 amide bonds. The molecule has 0 spiro atoms. The largest absolute Gasteiger partial charge is 0.274 e. The van der Waals surface area contributed by atoms with E-state index in [0.29, 0.717) is 17.7 Å². The molecule has 1 aromatic heterocycles. The third-order valence-corrected chi connectivity index (χ3v) is 4.85. The van der Waals surface area contributed by atoms with Crippen molar-refractivity contribution in [3.8, 4) is 0 Å². The lowest BCUT2D eigenvalue weighted by molar-refractivity contribution is 0.0655. The third-order valence-electron chi connectivity index (χ3n) is 3.78. The number of imide groups is 1. The molecule has 4 nitrogen and oxygen atoms in total. The number of aromatic nitrogens is 1. The van der Waals surface area contributed by atoms with Crippen molar-refractivity contribution in [2.45, 2.75) is 12.8 Å². The summed E-state index contributed by atoms with van der Waals surface area (Å²) in [4.78, 5) is 30.1. The minimum absolute atomic E-state index is 0.163. The molecule has 0 atom stereocenters. The van der Waals surface area contributed by atoms with Crippen LogP contribution >= 0.6 is 11.8 Å². The molecule has 1 aromatic carbocycles. The first-order valence-corrected chi connectivity index (χ1v) is 8.86. The number of fused-ring (bicyclic) bond motifs is 1. The molecule has 0 unspecified atom stereocenters. The van der Waals surface area contributed by atoms with Gasteiger partial charge in [0.1, 0.15) is 0 Å². The highest BCUT2D eigenvalue weighted by atomic mass is 32.2. The molecule has 0 N–H and O–H groups in total. The first kappa shape index (κ1) is 15.7. The second-order valence-corrected chi connectivity index (χ2v) is 6.57. The number of hydrogen-bond acceptors (Lipinski definition) is 4. The summed E-state index contributed by atoms with van der Waals surface area (Å²) in [5.74, 6) is 1.60. The zero-order valence-electron chi connectivity index (χ0n) is 12.8. The molecule has 2 aromatic rings. The van der Waals surface area contributed by atoms with Gasteiger partial charge in [-0.3, -0.25) is 19.5 Å². The van der Waals surface area contributed by atoms with Gasteiger partial charge in [0.15, 0.2) is 0 Å². The lowest BCUT2D eigenvalue weighted by atomic mass is 10.1. The molecule has 0 radical (unpaired) electrons. The summed E-state index contributed by atoms with van der Waals surface area (Å²) in [7, 11) is 0. The van der Waals surface area contributed by atoms with E-state index < -0.39 is 0 Å². The molecule has 1 aliphatic heterocycles. The van der Waals surface area contributed by atoms with Crippen molar-refractivity contribution in [2.75, 3.05) is 18.1 Å². The van der Waals surface area contributed by atoms with Crippen LogP contribution in [0.25, 0.3) is 0 Å². The molecule has 2 heterocycles. The summed E-state index contributed by atoms with van der Waals surface area (Å²) >= 11 is 1.83. The predicted octanol–water partition coefficient (Wildman–Crippen LogP) is 3.04. The molecule has 5 heteroatoms. The van der Waals surface area contributed by atoms with Crippen molar-refractivity contribution < 1.29 is 9.59 Å². The van der Waals surface area contributed by atoms with Gasteiger partial charge in [-0.25, -0.2) is 0 Å². The van der Waals surface area contributed by atoms with E-state index in [2.05, 4.69) is 4.98 Å². The van der Waals surface area contributed by atoms with Crippen LogP contribution in [-0.2, 0) is 6.42 Å². The SMILES string of the molecule is O=C1c2ccccc2C(=O)N1CCCSCCc1ccccn1. The van der Waals surface area contributed by atoms with Gasteiger partial charge < -0.3 is 0 Å². The van der Waals surface area contributed by atoms with Gasteiger partial charge in [0.05, 0.1) is 11.1 Å². The van der Waals surface area contributed by atoms with Crippen LogP contribution in [0.3, 0.4) is 0 Å². The van der Waals surface area contributed by atoms with Crippen LogP contribution in [0.15, 0.2) is 48.7 Å². The Hall–Kier alpha value is -2.14. The fourth-order valence-corrected chi connectivity index (χ4v) is 3.48. The number of carbonyl (C=O) groups excluding carboxylic acids is 2. The maximum Gasteiger partial charge on any atom is 0.261 e. The van der Waals surface area contributed by atoms with Gasteiger partial charge in [0, 0.05) is 18.4 Å². The van der Waals surface area contributed by atoms with Crippen molar-refractivity contribution in [3.63, 3.8) is 0 Å². The fraction of sp³-hybridized carbons (Fsp3) is 0.278. The van der Waals surface area contributed by atoms with Gasteiger partial charge in [0.25, 0.3) is 11.8 Å².